The number of amides is 4. The first-order valence-corrected chi connectivity index (χ1v) is 17.5. The van der Waals surface area contributed by atoms with E-state index in [9.17, 15) is 28.4 Å². The lowest BCUT2D eigenvalue weighted by atomic mass is 9.85. The van der Waals surface area contributed by atoms with Crippen LogP contribution in [-0.4, -0.2) is 76.3 Å². The summed E-state index contributed by atoms with van der Waals surface area (Å²) in [4.78, 5) is 75.2. The number of benzene rings is 2. The molecule has 0 unspecified atom stereocenters. The first kappa shape index (κ1) is 36.9. The van der Waals surface area contributed by atoms with Crippen molar-refractivity contribution >= 4 is 46.7 Å². The number of halogens is 2. The minimum atomic E-state index is -1.11. The van der Waals surface area contributed by atoms with Gasteiger partial charge >= 0.3 is 0 Å². The van der Waals surface area contributed by atoms with Crippen LogP contribution >= 0.6 is 11.6 Å². The molecule has 2 aromatic rings. The molecule has 2 aliphatic heterocycles. The lowest BCUT2D eigenvalue weighted by Gasteiger charge is -2.35. The number of ketones is 1. The SMILES string of the molecule is CCC[C@H](NC(=O)[C@@H]1C[C@]2(CC(c3cccc(Cl)c3)=NO2)CN1C(=O)[C@@H](NC(=O)Cc1ccc(C)c(F)c1)C(C)(C)C)C(=O)C(=O)NC1CC1. The number of aryl methyl sites for hydroxylation is 1. The molecule has 1 spiro atoms. The predicted molar refractivity (Wildman–Crippen MR) is 186 cm³/mol. The van der Waals surface area contributed by atoms with Gasteiger partial charge < -0.3 is 25.7 Å². The molecule has 4 atom stereocenters. The highest BCUT2D eigenvalue weighted by atomic mass is 35.5. The van der Waals surface area contributed by atoms with Gasteiger partial charge in [-0.25, -0.2) is 4.39 Å². The average molecular weight is 710 g/mol. The lowest BCUT2D eigenvalue weighted by Crippen LogP contribution is -2.59. The molecule has 5 rings (SSSR count). The summed E-state index contributed by atoms with van der Waals surface area (Å²) in [5.74, 6) is -3.55. The van der Waals surface area contributed by atoms with Crippen LogP contribution in [0.25, 0.3) is 0 Å². The number of carbonyl (C=O) groups excluding carboxylic acids is 5. The van der Waals surface area contributed by atoms with Crippen molar-refractivity contribution in [3.8, 4) is 0 Å². The van der Waals surface area contributed by atoms with Crippen molar-refractivity contribution in [1.29, 1.82) is 0 Å². The molecule has 0 radical (unpaired) electrons. The van der Waals surface area contributed by atoms with E-state index < -0.39 is 64.4 Å². The minimum Gasteiger partial charge on any atom is -0.387 e. The summed E-state index contributed by atoms with van der Waals surface area (Å²) in [7, 11) is 0. The Morgan fingerprint density at radius 2 is 1.84 bits per heavy atom. The second-order valence-corrected chi connectivity index (χ2v) is 15.2. The van der Waals surface area contributed by atoms with E-state index in [-0.39, 0.29) is 38.3 Å². The molecule has 2 aromatic carbocycles. The fraction of sp³-hybridized carbons (Fsp3) is 0.514. The van der Waals surface area contributed by atoms with Crippen molar-refractivity contribution in [2.75, 3.05) is 6.54 Å². The van der Waals surface area contributed by atoms with Crippen molar-refractivity contribution in [3.05, 3.63) is 70.0 Å². The van der Waals surface area contributed by atoms with Crippen molar-refractivity contribution < 1.29 is 33.2 Å². The number of nitrogens with zero attached hydrogens (tertiary/aromatic N) is 2. The molecule has 268 valence electrons. The highest BCUT2D eigenvalue weighted by Gasteiger charge is 2.55. The van der Waals surface area contributed by atoms with E-state index >= 15 is 0 Å². The average Bonchev–Trinajstić information content (AvgIpc) is 3.65. The third-order valence-electron chi connectivity index (χ3n) is 9.35. The van der Waals surface area contributed by atoms with Gasteiger partial charge in [0, 0.05) is 29.5 Å². The number of carbonyl (C=O) groups is 5. The monoisotopic (exact) mass is 709 g/mol. The number of nitrogens with one attached hydrogen (secondary N) is 3. The smallest absolute Gasteiger partial charge is 0.289 e. The van der Waals surface area contributed by atoms with E-state index in [0.29, 0.717) is 28.3 Å². The summed E-state index contributed by atoms with van der Waals surface area (Å²) >= 11 is 6.23. The first-order valence-electron chi connectivity index (χ1n) is 17.1. The normalized spacial score (nSPS) is 21.2. The Kier molecular flexibility index (Phi) is 11.0. The van der Waals surface area contributed by atoms with Gasteiger partial charge in [-0.3, -0.25) is 24.0 Å². The number of Topliss-reactive ketones (excluding diaryl/α,β-unsaturated/α-hetero) is 1. The van der Waals surface area contributed by atoms with Gasteiger partial charge in [0.2, 0.25) is 23.5 Å². The van der Waals surface area contributed by atoms with Crippen LogP contribution in [0.2, 0.25) is 5.02 Å². The molecule has 1 saturated heterocycles. The van der Waals surface area contributed by atoms with E-state index in [2.05, 4.69) is 21.1 Å². The molecule has 13 heteroatoms. The van der Waals surface area contributed by atoms with Gasteiger partial charge in [0.15, 0.2) is 5.60 Å². The number of hydrogen-bond donors (Lipinski definition) is 3. The van der Waals surface area contributed by atoms with Crippen LogP contribution in [-0.2, 0) is 35.2 Å². The van der Waals surface area contributed by atoms with Crippen LogP contribution in [0, 0.1) is 18.2 Å². The molecule has 3 aliphatic rings. The fourth-order valence-corrected chi connectivity index (χ4v) is 6.57. The van der Waals surface area contributed by atoms with Crippen LogP contribution in [0.1, 0.15) is 82.9 Å². The van der Waals surface area contributed by atoms with E-state index in [1.807, 2.05) is 13.0 Å². The zero-order valence-corrected chi connectivity index (χ0v) is 29.9. The molecule has 0 bridgehead atoms. The van der Waals surface area contributed by atoms with Crippen LogP contribution in [0.4, 0.5) is 4.39 Å². The Bertz CT molecular complexity index is 1710. The molecule has 3 N–H and O–H groups in total. The maximum atomic E-state index is 14.5. The summed E-state index contributed by atoms with van der Waals surface area (Å²) in [5, 5.41) is 13.1. The Morgan fingerprint density at radius 3 is 2.48 bits per heavy atom. The Balaban J connectivity index is 1.40. The molecular weight excluding hydrogens is 665 g/mol. The Hall–Kier alpha value is -4.32. The summed E-state index contributed by atoms with van der Waals surface area (Å²) in [6.07, 6.45) is 2.52. The van der Waals surface area contributed by atoms with Crippen LogP contribution in [0.5, 0.6) is 0 Å². The summed E-state index contributed by atoms with van der Waals surface area (Å²) in [6.45, 7) is 8.82. The van der Waals surface area contributed by atoms with Crippen LogP contribution in [0.3, 0.4) is 0 Å². The fourth-order valence-electron chi connectivity index (χ4n) is 6.38. The zero-order valence-electron chi connectivity index (χ0n) is 29.1. The number of rotatable bonds is 12. The Morgan fingerprint density at radius 1 is 1.10 bits per heavy atom. The van der Waals surface area contributed by atoms with Crippen molar-refractivity contribution in [3.63, 3.8) is 0 Å². The molecule has 2 fully saturated rings. The zero-order chi connectivity index (χ0) is 36.4. The standard InChI is InChI=1S/C37H45ClFN5O6/c1-6-8-27(31(46)34(48)40-25-13-14-25)41-33(47)29-19-37(18-28(43-50-37)23-9-7-10-24(38)17-23)20-44(29)35(49)32(36(3,4)5)42-30(45)16-22-12-11-21(2)26(39)15-22/h7,9-12,15,17,25,27,29,32H,6,8,13-14,16,18-20H2,1-5H3,(H,40,48)(H,41,47)(H,42,45)/t27-,29-,32+,37+/m0/s1. The molecular formula is C37H45ClFN5O6. The van der Waals surface area contributed by atoms with Crippen molar-refractivity contribution in [1.82, 2.24) is 20.9 Å². The minimum absolute atomic E-state index is 0.0301. The van der Waals surface area contributed by atoms with E-state index in [0.717, 1.165) is 18.4 Å². The van der Waals surface area contributed by atoms with Crippen molar-refractivity contribution in [2.45, 2.75) is 109 Å². The second kappa shape index (κ2) is 14.9. The molecule has 0 aromatic heterocycles. The van der Waals surface area contributed by atoms with Gasteiger partial charge in [0.25, 0.3) is 5.91 Å². The second-order valence-electron chi connectivity index (χ2n) is 14.8. The molecule has 4 amide bonds. The molecule has 1 saturated carbocycles. The van der Waals surface area contributed by atoms with Gasteiger partial charge in [0.05, 0.1) is 24.7 Å². The van der Waals surface area contributed by atoms with Crippen LogP contribution in [0.15, 0.2) is 47.6 Å². The van der Waals surface area contributed by atoms with Crippen molar-refractivity contribution in [2.24, 2.45) is 10.6 Å². The van der Waals surface area contributed by atoms with Crippen LogP contribution < -0.4 is 16.0 Å². The van der Waals surface area contributed by atoms with Gasteiger partial charge in [-0.1, -0.05) is 75.1 Å². The van der Waals surface area contributed by atoms with Gasteiger partial charge in [-0.05, 0) is 60.9 Å². The summed E-state index contributed by atoms with van der Waals surface area (Å²) < 4.78 is 14.2. The lowest BCUT2D eigenvalue weighted by molar-refractivity contribution is -0.145. The number of hydrogen-bond acceptors (Lipinski definition) is 7. The largest absolute Gasteiger partial charge is 0.387 e. The van der Waals surface area contributed by atoms with Gasteiger partial charge in [-0.15, -0.1) is 0 Å². The molecule has 50 heavy (non-hydrogen) atoms. The van der Waals surface area contributed by atoms with E-state index in [4.69, 9.17) is 16.4 Å². The highest BCUT2D eigenvalue weighted by molar-refractivity contribution is 6.38. The van der Waals surface area contributed by atoms with E-state index in [1.54, 1.807) is 58.0 Å². The maximum Gasteiger partial charge on any atom is 0.289 e. The topological polar surface area (TPSA) is 146 Å². The molecule has 11 nitrogen and oxygen atoms in total. The highest BCUT2D eigenvalue weighted by Crippen LogP contribution is 2.40. The van der Waals surface area contributed by atoms with Gasteiger partial charge in [-0.2, -0.15) is 0 Å². The third kappa shape index (κ3) is 8.69. The predicted octanol–water partition coefficient (Wildman–Crippen LogP) is 4.16. The summed E-state index contributed by atoms with van der Waals surface area (Å²) in [6, 6.07) is 8.35. The quantitative estimate of drug-likeness (QED) is 0.282. The number of oxime groups is 1. The molecule has 1 aliphatic carbocycles. The maximum absolute atomic E-state index is 14.5. The third-order valence-corrected chi connectivity index (χ3v) is 9.58. The van der Waals surface area contributed by atoms with E-state index in [1.165, 1.54) is 11.0 Å². The summed E-state index contributed by atoms with van der Waals surface area (Å²) in [5.41, 5.74) is 0.362. The van der Waals surface area contributed by atoms with Gasteiger partial charge in [0.1, 0.15) is 17.9 Å². The first-order chi connectivity index (χ1) is 23.6. The Labute approximate surface area is 296 Å². The molecule has 2 heterocycles. The number of likely N-dealkylation sites (tertiary alicyclic amines) is 1.